The van der Waals surface area contributed by atoms with Gasteiger partial charge < -0.3 is 20.9 Å². The summed E-state index contributed by atoms with van der Waals surface area (Å²) in [6.45, 7) is 0.176. The predicted molar refractivity (Wildman–Crippen MR) is 68.5 cm³/mol. The maximum absolute atomic E-state index is 11.2. The summed E-state index contributed by atoms with van der Waals surface area (Å²) in [6.07, 6.45) is 4.28. The number of aliphatic hydroxyl groups excluding tert-OH is 1. The summed E-state index contributed by atoms with van der Waals surface area (Å²) in [4.78, 5) is 14.2. The normalized spacial score (nSPS) is 10.9. The summed E-state index contributed by atoms with van der Waals surface area (Å²) in [5.41, 5.74) is 7.16. The van der Waals surface area contributed by atoms with Crippen molar-refractivity contribution in [2.75, 3.05) is 6.61 Å². The Labute approximate surface area is 104 Å². The Morgan fingerprint density at radius 3 is 2.78 bits per heavy atom. The number of nitrogens with one attached hydrogen (secondary N) is 1. The van der Waals surface area contributed by atoms with Gasteiger partial charge in [-0.25, -0.2) is 0 Å². The lowest BCUT2D eigenvalue weighted by Gasteiger charge is -2.03. The highest BCUT2D eigenvalue weighted by molar-refractivity contribution is 6.00. The Hall–Kier alpha value is -2.01. The zero-order valence-electron chi connectivity index (χ0n) is 9.94. The molecule has 0 saturated carbocycles. The second kappa shape index (κ2) is 5.10. The van der Waals surface area contributed by atoms with E-state index in [1.165, 1.54) is 6.07 Å². The van der Waals surface area contributed by atoms with Crippen molar-refractivity contribution in [1.29, 1.82) is 0 Å². The number of hydrogen-bond acceptors (Lipinski definition) is 3. The third kappa shape index (κ3) is 2.31. The van der Waals surface area contributed by atoms with E-state index in [1.807, 2.05) is 6.20 Å². The third-order valence-electron chi connectivity index (χ3n) is 3.00. The molecule has 0 fully saturated rings. The number of aromatic amines is 1. The zero-order valence-corrected chi connectivity index (χ0v) is 9.94. The van der Waals surface area contributed by atoms with E-state index in [2.05, 4.69) is 4.98 Å². The average Bonchev–Trinajstić information content (AvgIpc) is 2.70. The molecule has 1 amide bonds. The van der Waals surface area contributed by atoms with E-state index in [1.54, 1.807) is 6.07 Å². The van der Waals surface area contributed by atoms with Crippen molar-refractivity contribution in [3.05, 3.63) is 29.5 Å². The first kappa shape index (κ1) is 12.4. The van der Waals surface area contributed by atoms with Gasteiger partial charge in [-0.1, -0.05) is 0 Å². The van der Waals surface area contributed by atoms with Crippen molar-refractivity contribution >= 4 is 16.8 Å². The molecule has 0 radical (unpaired) electrons. The number of phenols is 1. The molecule has 0 spiro atoms. The lowest BCUT2D eigenvalue weighted by Crippen LogP contribution is -2.10. The number of benzene rings is 1. The highest BCUT2D eigenvalue weighted by Gasteiger charge is 2.12. The zero-order chi connectivity index (χ0) is 13.1. The van der Waals surface area contributed by atoms with E-state index < -0.39 is 5.91 Å². The van der Waals surface area contributed by atoms with E-state index in [-0.39, 0.29) is 17.9 Å². The lowest BCUT2D eigenvalue weighted by atomic mass is 10.0. The minimum absolute atomic E-state index is 0.112. The minimum atomic E-state index is -0.642. The van der Waals surface area contributed by atoms with Gasteiger partial charge in [0.25, 0.3) is 5.91 Å². The van der Waals surface area contributed by atoms with Gasteiger partial charge in [0.2, 0.25) is 0 Å². The van der Waals surface area contributed by atoms with Crippen LogP contribution in [0.3, 0.4) is 0 Å². The molecule has 0 atom stereocenters. The highest BCUT2D eigenvalue weighted by Crippen LogP contribution is 2.27. The summed E-state index contributed by atoms with van der Waals surface area (Å²) in [5.74, 6) is -0.754. The van der Waals surface area contributed by atoms with E-state index in [9.17, 15) is 9.90 Å². The molecule has 5 heteroatoms. The van der Waals surface area contributed by atoms with Crippen LogP contribution in [0.15, 0.2) is 18.3 Å². The standard InChI is InChI=1S/C13H16N2O3/c14-13(18)10-5-9-8(3-1-2-4-16)7-15-11(9)6-12(10)17/h5-7,15-17H,1-4H2,(H2,14,18). The fourth-order valence-corrected chi connectivity index (χ4v) is 2.05. The summed E-state index contributed by atoms with van der Waals surface area (Å²) in [7, 11) is 0. The van der Waals surface area contributed by atoms with Crippen LogP contribution >= 0.6 is 0 Å². The van der Waals surface area contributed by atoms with Gasteiger partial charge in [-0.15, -0.1) is 0 Å². The number of primary amides is 1. The highest BCUT2D eigenvalue weighted by atomic mass is 16.3. The molecule has 1 aromatic heterocycles. The second-order valence-electron chi connectivity index (χ2n) is 4.27. The molecule has 18 heavy (non-hydrogen) atoms. The molecule has 0 saturated heterocycles. The minimum Gasteiger partial charge on any atom is -0.507 e. The number of unbranched alkanes of at least 4 members (excludes halogenated alkanes) is 1. The molecule has 96 valence electrons. The monoisotopic (exact) mass is 248 g/mol. The van der Waals surface area contributed by atoms with Crippen LogP contribution in [-0.4, -0.2) is 27.7 Å². The fraction of sp³-hybridized carbons (Fsp3) is 0.308. The first-order valence-corrected chi connectivity index (χ1v) is 5.87. The van der Waals surface area contributed by atoms with Crippen molar-refractivity contribution < 1.29 is 15.0 Å². The van der Waals surface area contributed by atoms with Crippen molar-refractivity contribution in [2.24, 2.45) is 5.73 Å². The quantitative estimate of drug-likeness (QED) is 0.600. The summed E-state index contributed by atoms with van der Waals surface area (Å²) in [5, 5.41) is 19.3. The molecule has 0 bridgehead atoms. The number of nitrogens with two attached hydrogens (primary N) is 1. The van der Waals surface area contributed by atoms with Crippen LogP contribution < -0.4 is 5.73 Å². The van der Waals surface area contributed by atoms with Gasteiger partial charge in [0.05, 0.1) is 5.56 Å². The number of rotatable bonds is 5. The Morgan fingerprint density at radius 2 is 2.11 bits per heavy atom. The molecule has 5 nitrogen and oxygen atoms in total. The second-order valence-corrected chi connectivity index (χ2v) is 4.27. The molecular formula is C13H16N2O3. The van der Waals surface area contributed by atoms with Crippen LogP contribution in [0.1, 0.15) is 28.8 Å². The topological polar surface area (TPSA) is 99.3 Å². The number of carbonyl (C=O) groups excluding carboxylic acids is 1. The van der Waals surface area contributed by atoms with E-state index in [0.717, 1.165) is 35.7 Å². The van der Waals surface area contributed by atoms with Gasteiger partial charge in [0, 0.05) is 29.8 Å². The number of hydrogen-bond donors (Lipinski definition) is 4. The Kier molecular flexibility index (Phi) is 3.53. The lowest BCUT2D eigenvalue weighted by molar-refractivity contribution is 0.0998. The summed E-state index contributed by atoms with van der Waals surface area (Å²) >= 11 is 0. The van der Waals surface area contributed by atoms with Crippen LogP contribution in [0.25, 0.3) is 10.9 Å². The first-order chi connectivity index (χ1) is 8.63. The molecule has 0 aliphatic carbocycles. The van der Waals surface area contributed by atoms with Gasteiger partial charge in [0.1, 0.15) is 5.75 Å². The van der Waals surface area contributed by atoms with Crippen LogP contribution in [0.2, 0.25) is 0 Å². The Bertz CT molecular complexity index is 575. The van der Waals surface area contributed by atoms with Gasteiger partial charge >= 0.3 is 0 Å². The SMILES string of the molecule is NC(=O)c1cc2c(CCCCO)c[nH]c2cc1O. The molecule has 2 rings (SSSR count). The molecule has 0 unspecified atom stereocenters. The van der Waals surface area contributed by atoms with Crippen molar-refractivity contribution in [1.82, 2.24) is 4.98 Å². The number of aromatic nitrogens is 1. The smallest absolute Gasteiger partial charge is 0.252 e. The van der Waals surface area contributed by atoms with Gasteiger partial charge in [-0.3, -0.25) is 4.79 Å². The molecule has 5 N–H and O–H groups in total. The Morgan fingerprint density at radius 1 is 1.33 bits per heavy atom. The molecule has 0 aliphatic rings. The number of fused-ring (bicyclic) bond motifs is 1. The van der Waals surface area contributed by atoms with Crippen LogP contribution in [0.5, 0.6) is 5.75 Å². The average molecular weight is 248 g/mol. The number of aliphatic hydroxyl groups is 1. The number of H-pyrrole nitrogens is 1. The van der Waals surface area contributed by atoms with Gasteiger partial charge in [-0.05, 0) is 30.9 Å². The summed E-state index contributed by atoms with van der Waals surface area (Å²) in [6, 6.07) is 3.11. The molecule has 0 aliphatic heterocycles. The van der Waals surface area contributed by atoms with Crippen molar-refractivity contribution in [3.63, 3.8) is 0 Å². The van der Waals surface area contributed by atoms with Crippen molar-refractivity contribution in [2.45, 2.75) is 19.3 Å². The number of aromatic hydroxyl groups is 1. The molecular weight excluding hydrogens is 232 g/mol. The molecule has 1 aromatic carbocycles. The van der Waals surface area contributed by atoms with Crippen LogP contribution in [-0.2, 0) is 6.42 Å². The van der Waals surface area contributed by atoms with E-state index in [4.69, 9.17) is 10.8 Å². The fourth-order valence-electron chi connectivity index (χ4n) is 2.05. The maximum Gasteiger partial charge on any atom is 0.252 e. The Balaban J connectivity index is 2.38. The predicted octanol–water partition coefficient (Wildman–Crippen LogP) is 1.29. The first-order valence-electron chi connectivity index (χ1n) is 5.87. The van der Waals surface area contributed by atoms with Crippen LogP contribution in [0.4, 0.5) is 0 Å². The van der Waals surface area contributed by atoms with Crippen molar-refractivity contribution in [3.8, 4) is 5.75 Å². The molecule has 2 aromatic rings. The number of carbonyl (C=O) groups is 1. The third-order valence-corrected chi connectivity index (χ3v) is 3.00. The maximum atomic E-state index is 11.2. The van der Waals surface area contributed by atoms with Gasteiger partial charge in [-0.2, -0.15) is 0 Å². The van der Waals surface area contributed by atoms with E-state index in [0.29, 0.717) is 0 Å². The molecule has 1 heterocycles. The number of amides is 1. The number of aryl methyl sites for hydroxylation is 1. The van der Waals surface area contributed by atoms with Crippen LogP contribution in [0, 0.1) is 0 Å². The summed E-state index contributed by atoms with van der Waals surface area (Å²) < 4.78 is 0. The largest absolute Gasteiger partial charge is 0.507 e. The van der Waals surface area contributed by atoms with Gasteiger partial charge in [0.15, 0.2) is 0 Å². The van der Waals surface area contributed by atoms with E-state index >= 15 is 0 Å².